The lowest BCUT2D eigenvalue weighted by Crippen LogP contribution is -2.08. The normalized spacial score (nSPS) is 10.9. The topological polar surface area (TPSA) is 103 Å². The van der Waals surface area contributed by atoms with E-state index >= 15 is 0 Å². The second-order valence-corrected chi connectivity index (χ2v) is 7.42. The summed E-state index contributed by atoms with van der Waals surface area (Å²) in [6.07, 6.45) is 1.51. The minimum absolute atomic E-state index is 0.104. The number of carbonyl (C=O) groups is 2. The van der Waals surface area contributed by atoms with Crippen LogP contribution in [0.15, 0.2) is 64.6 Å². The Bertz CT molecular complexity index is 1210. The lowest BCUT2D eigenvalue weighted by atomic mass is 10.0. The Morgan fingerprint density at radius 1 is 1.14 bits per heavy atom. The molecular formula is C22H17NO5S. The molecule has 1 amide bonds. The molecule has 0 spiro atoms. The Morgan fingerprint density at radius 3 is 2.72 bits per heavy atom. The number of para-hydroxylation sites is 1. The van der Waals surface area contributed by atoms with Gasteiger partial charge in [-0.05, 0) is 46.8 Å². The molecule has 0 fully saturated rings. The van der Waals surface area contributed by atoms with Crippen LogP contribution in [0.1, 0.15) is 20.8 Å². The summed E-state index contributed by atoms with van der Waals surface area (Å²) in [5.41, 5.74) is 9.29. The average Bonchev–Trinajstić information content (AvgIpc) is 3.36. The molecular weight excluding hydrogens is 390 g/mol. The summed E-state index contributed by atoms with van der Waals surface area (Å²) in [6.45, 7) is 0.261. The Balaban J connectivity index is 1.65. The molecule has 29 heavy (non-hydrogen) atoms. The largest absolute Gasteiger partial charge is 0.489 e. The number of aliphatic carboxylic acids is 1. The molecule has 2 aromatic carbocycles. The van der Waals surface area contributed by atoms with Gasteiger partial charge in [0.1, 0.15) is 17.9 Å². The van der Waals surface area contributed by atoms with Gasteiger partial charge in [-0.3, -0.25) is 9.59 Å². The molecule has 6 nitrogen and oxygen atoms in total. The number of benzene rings is 2. The van der Waals surface area contributed by atoms with Crippen molar-refractivity contribution in [2.45, 2.75) is 13.0 Å². The van der Waals surface area contributed by atoms with E-state index in [-0.39, 0.29) is 13.0 Å². The number of carboxylic acids is 1. The zero-order valence-corrected chi connectivity index (χ0v) is 16.1. The standard InChI is InChI=1S/C22H17NO5S/c23-22(26)19-9-16(12-29-19)17-8-13(7-15-5-6-27-21(15)17)11-28-18-4-2-1-3-14(18)10-20(24)25/h1-9,12H,10-11H2,(H2,23,26)(H,24,25). The molecule has 4 aromatic rings. The predicted octanol–water partition coefficient (Wildman–Crippen LogP) is 4.47. The fraction of sp³-hybridized carbons (Fsp3) is 0.0909. The van der Waals surface area contributed by atoms with Gasteiger partial charge in [0.15, 0.2) is 0 Å². The van der Waals surface area contributed by atoms with Crippen LogP contribution >= 0.6 is 11.3 Å². The van der Waals surface area contributed by atoms with Crippen LogP contribution in [-0.2, 0) is 17.8 Å². The fourth-order valence-corrected chi connectivity index (χ4v) is 3.92. The predicted molar refractivity (Wildman–Crippen MR) is 110 cm³/mol. The first-order chi connectivity index (χ1) is 14.0. The molecule has 2 heterocycles. The molecule has 4 rings (SSSR count). The van der Waals surface area contributed by atoms with Crippen molar-refractivity contribution in [3.8, 4) is 16.9 Å². The van der Waals surface area contributed by atoms with Gasteiger partial charge in [-0.15, -0.1) is 11.3 Å². The number of hydrogen-bond donors (Lipinski definition) is 2. The van der Waals surface area contributed by atoms with Crippen LogP contribution in [0.2, 0.25) is 0 Å². The number of rotatable bonds is 7. The molecule has 146 valence electrons. The molecule has 0 atom stereocenters. The third kappa shape index (κ3) is 4.00. The molecule has 0 aliphatic rings. The summed E-state index contributed by atoms with van der Waals surface area (Å²) in [5, 5.41) is 11.9. The van der Waals surface area contributed by atoms with E-state index in [1.54, 1.807) is 30.5 Å². The van der Waals surface area contributed by atoms with E-state index < -0.39 is 11.9 Å². The highest BCUT2D eigenvalue weighted by Gasteiger charge is 2.14. The number of fused-ring (bicyclic) bond motifs is 1. The van der Waals surface area contributed by atoms with Gasteiger partial charge in [-0.1, -0.05) is 18.2 Å². The molecule has 0 bridgehead atoms. The van der Waals surface area contributed by atoms with Gasteiger partial charge in [-0.2, -0.15) is 0 Å². The highest BCUT2D eigenvalue weighted by atomic mass is 32.1. The zero-order valence-electron chi connectivity index (χ0n) is 15.3. The van der Waals surface area contributed by atoms with E-state index in [0.29, 0.717) is 21.8 Å². The first kappa shape index (κ1) is 18.8. The minimum atomic E-state index is -0.911. The van der Waals surface area contributed by atoms with E-state index in [9.17, 15) is 9.59 Å². The highest BCUT2D eigenvalue weighted by Crippen LogP contribution is 2.34. The Kier molecular flexibility index (Phi) is 5.05. The SMILES string of the molecule is NC(=O)c1cc(-c2cc(COc3ccccc3CC(=O)O)cc3ccoc23)cs1. The van der Waals surface area contributed by atoms with Gasteiger partial charge in [-0.25, -0.2) is 0 Å². The summed E-state index contributed by atoms with van der Waals surface area (Å²) >= 11 is 1.28. The van der Waals surface area contributed by atoms with Gasteiger partial charge in [0.25, 0.3) is 5.91 Å². The van der Waals surface area contributed by atoms with Crippen LogP contribution in [0.25, 0.3) is 22.1 Å². The zero-order chi connectivity index (χ0) is 20.4. The van der Waals surface area contributed by atoms with Gasteiger partial charge in [0, 0.05) is 16.5 Å². The number of carboxylic acid groups (broad SMARTS) is 1. The number of furan rings is 1. The van der Waals surface area contributed by atoms with Crippen LogP contribution in [0.3, 0.4) is 0 Å². The second-order valence-electron chi connectivity index (χ2n) is 6.51. The van der Waals surface area contributed by atoms with Crippen molar-refractivity contribution in [1.82, 2.24) is 0 Å². The molecule has 7 heteroatoms. The number of thiophene rings is 1. The summed E-state index contributed by atoms with van der Waals surface area (Å²) in [5.74, 6) is -0.840. The number of hydrogen-bond acceptors (Lipinski definition) is 5. The average molecular weight is 407 g/mol. The highest BCUT2D eigenvalue weighted by molar-refractivity contribution is 7.12. The van der Waals surface area contributed by atoms with Crippen LogP contribution in [0.5, 0.6) is 5.75 Å². The molecule has 0 aliphatic heterocycles. The summed E-state index contributed by atoms with van der Waals surface area (Å²) < 4.78 is 11.6. The maximum atomic E-state index is 11.4. The summed E-state index contributed by atoms with van der Waals surface area (Å²) in [6, 6.07) is 14.6. The fourth-order valence-electron chi connectivity index (χ4n) is 3.16. The van der Waals surface area contributed by atoms with Crippen LogP contribution in [0.4, 0.5) is 0 Å². The first-order valence-corrected chi connectivity index (χ1v) is 9.70. The second kappa shape index (κ2) is 7.81. The quantitative estimate of drug-likeness (QED) is 0.471. The molecule has 0 unspecified atom stereocenters. The Hall–Kier alpha value is -3.58. The summed E-state index contributed by atoms with van der Waals surface area (Å²) in [4.78, 5) is 23.0. The third-order valence-electron chi connectivity index (χ3n) is 4.47. The first-order valence-electron chi connectivity index (χ1n) is 8.82. The van der Waals surface area contributed by atoms with Crippen LogP contribution < -0.4 is 10.5 Å². The van der Waals surface area contributed by atoms with Crippen molar-refractivity contribution < 1.29 is 23.8 Å². The van der Waals surface area contributed by atoms with Crippen molar-refractivity contribution in [3.05, 3.63) is 76.2 Å². The maximum absolute atomic E-state index is 11.4. The Morgan fingerprint density at radius 2 is 1.97 bits per heavy atom. The molecule has 2 aromatic heterocycles. The number of nitrogens with two attached hydrogens (primary N) is 1. The van der Waals surface area contributed by atoms with Crippen molar-refractivity contribution in [2.24, 2.45) is 5.73 Å². The molecule has 0 saturated heterocycles. The van der Waals surface area contributed by atoms with Gasteiger partial charge in [0.05, 0.1) is 17.6 Å². The lowest BCUT2D eigenvalue weighted by molar-refractivity contribution is -0.136. The molecule has 0 saturated carbocycles. The van der Waals surface area contributed by atoms with E-state index in [2.05, 4.69) is 0 Å². The number of ether oxygens (including phenoxy) is 1. The van der Waals surface area contributed by atoms with Gasteiger partial charge in [0.2, 0.25) is 0 Å². The Labute approximate surface area is 170 Å². The van der Waals surface area contributed by atoms with Crippen molar-refractivity contribution in [3.63, 3.8) is 0 Å². The van der Waals surface area contributed by atoms with Crippen molar-refractivity contribution in [2.75, 3.05) is 0 Å². The molecule has 3 N–H and O–H groups in total. The molecule has 0 radical (unpaired) electrons. The number of primary amides is 1. The lowest BCUT2D eigenvalue weighted by Gasteiger charge is -2.11. The maximum Gasteiger partial charge on any atom is 0.307 e. The summed E-state index contributed by atoms with van der Waals surface area (Å²) in [7, 11) is 0. The van der Waals surface area contributed by atoms with E-state index in [0.717, 1.165) is 22.1 Å². The van der Waals surface area contributed by atoms with E-state index in [1.807, 2.05) is 29.6 Å². The van der Waals surface area contributed by atoms with Crippen LogP contribution in [-0.4, -0.2) is 17.0 Å². The van der Waals surface area contributed by atoms with Crippen molar-refractivity contribution in [1.29, 1.82) is 0 Å². The van der Waals surface area contributed by atoms with Crippen LogP contribution in [0, 0.1) is 0 Å². The monoisotopic (exact) mass is 407 g/mol. The third-order valence-corrected chi connectivity index (χ3v) is 5.42. The smallest absolute Gasteiger partial charge is 0.307 e. The minimum Gasteiger partial charge on any atom is -0.489 e. The van der Waals surface area contributed by atoms with E-state index in [4.69, 9.17) is 20.0 Å². The molecule has 0 aliphatic carbocycles. The van der Waals surface area contributed by atoms with Gasteiger partial charge >= 0.3 is 5.97 Å². The van der Waals surface area contributed by atoms with Crippen molar-refractivity contribution >= 4 is 34.2 Å². The number of carbonyl (C=O) groups excluding carboxylic acids is 1. The number of amides is 1. The van der Waals surface area contributed by atoms with E-state index in [1.165, 1.54) is 11.3 Å². The van der Waals surface area contributed by atoms with Gasteiger partial charge < -0.3 is 20.0 Å².